The van der Waals surface area contributed by atoms with Crippen LogP contribution in [0.5, 0.6) is 0 Å². The summed E-state index contributed by atoms with van der Waals surface area (Å²) in [5.74, 6) is 2.22. The van der Waals surface area contributed by atoms with E-state index in [2.05, 4.69) is 10.2 Å². The van der Waals surface area contributed by atoms with Crippen molar-refractivity contribution < 1.29 is 9.13 Å². The molecule has 3 nitrogen and oxygen atoms in total. The van der Waals surface area contributed by atoms with Crippen molar-refractivity contribution in [2.45, 2.75) is 50.7 Å². The van der Waals surface area contributed by atoms with Gasteiger partial charge in [0.15, 0.2) is 0 Å². The molecule has 0 unspecified atom stereocenters. The fourth-order valence-electron chi connectivity index (χ4n) is 5.67. The van der Waals surface area contributed by atoms with Crippen LogP contribution in [0.2, 0.25) is 0 Å². The number of piperidine rings is 1. The molecule has 4 rings (SSSR count). The van der Waals surface area contributed by atoms with Crippen molar-refractivity contribution in [3.8, 4) is 0 Å². The zero-order chi connectivity index (χ0) is 17.9. The minimum atomic E-state index is -0.0475. The van der Waals surface area contributed by atoms with Crippen molar-refractivity contribution in [3.05, 3.63) is 35.6 Å². The van der Waals surface area contributed by atoms with Gasteiger partial charge in [-0.1, -0.05) is 24.6 Å². The van der Waals surface area contributed by atoms with Crippen LogP contribution in [0.15, 0.2) is 24.3 Å². The number of halogens is 1. The maximum Gasteiger partial charge on any atom is 0.127 e. The molecule has 1 N–H and O–H groups in total. The van der Waals surface area contributed by atoms with Crippen molar-refractivity contribution in [1.82, 2.24) is 10.2 Å². The van der Waals surface area contributed by atoms with Gasteiger partial charge in [-0.25, -0.2) is 4.39 Å². The van der Waals surface area contributed by atoms with Crippen LogP contribution in [-0.2, 0) is 4.74 Å². The van der Waals surface area contributed by atoms with Gasteiger partial charge in [0, 0.05) is 44.9 Å². The molecule has 0 amide bonds. The molecule has 2 saturated carbocycles. The zero-order valence-corrected chi connectivity index (χ0v) is 16.0. The molecule has 0 aromatic heterocycles. The van der Waals surface area contributed by atoms with E-state index >= 15 is 0 Å². The standard InChI is InChI=1S/C22H33FN2O/c1-26-18-8-11-25(12-9-18)13-10-24-22(19-4-2-3-5-21(19)23)20-15-16-6-7-17(20)14-16/h2-5,16-18,20,22,24H,6-15H2,1H3/t16-,17-,20+,22+/m0/s1. The maximum atomic E-state index is 14.5. The molecule has 3 fully saturated rings. The van der Waals surface area contributed by atoms with E-state index in [4.69, 9.17) is 4.74 Å². The van der Waals surface area contributed by atoms with Crippen molar-refractivity contribution in [1.29, 1.82) is 0 Å². The Labute approximate surface area is 157 Å². The highest BCUT2D eigenvalue weighted by Crippen LogP contribution is 2.52. The van der Waals surface area contributed by atoms with Gasteiger partial charge < -0.3 is 15.0 Å². The maximum absolute atomic E-state index is 14.5. The lowest BCUT2D eigenvalue weighted by molar-refractivity contribution is 0.0410. The average Bonchev–Trinajstić information content (AvgIpc) is 3.30. The van der Waals surface area contributed by atoms with Gasteiger partial charge in [0.1, 0.15) is 5.82 Å². The number of hydrogen-bond donors (Lipinski definition) is 1. The van der Waals surface area contributed by atoms with E-state index in [0.29, 0.717) is 12.0 Å². The Hall–Kier alpha value is -0.970. The lowest BCUT2D eigenvalue weighted by atomic mass is 9.80. The van der Waals surface area contributed by atoms with E-state index in [1.807, 2.05) is 19.2 Å². The van der Waals surface area contributed by atoms with E-state index in [9.17, 15) is 4.39 Å². The third-order valence-electron chi connectivity index (χ3n) is 7.12. The lowest BCUT2D eigenvalue weighted by Gasteiger charge is -2.34. The quantitative estimate of drug-likeness (QED) is 0.795. The summed E-state index contributed by atoms with van der Waals surface area (Å²) < 4.78 is 20.0. The Bertz CT molecular complexity index is 587. The van der Waals surface area contributed by atoms with Gasteiger partial charge in [-0.15, -0.1) is 0 Å². The number of fused-ring (bicyclic) bond motifs is 2. The fraction of sp³-hybridized carbons (Fsp3) is 0.727. The summed E-state index contributed by atoms with van der Waals surface area (Å²) in [5.41, 5.74) is 0.878. The summed E-state index contributed by atoms with van der Waals surface area (Å²) in [4.78, 5) is 2.52. The molecule has 1 aromatic rings. The minimum absolute atomic E-state index is 0.0475. The fourth-order valence-corrected chi connectivity index (χ4v) is 5.67. The number of likely N-dealkylation sites (tertiary alicyclic amines) is 1. The van der Waals surface area contributed by atoms with Crippen LogP contribution in [0.4, 0.5) is 4.39 Å². The molecule has 1 saturated heterocycles. The number of nitrogens with one attached hydrogen (secondary N) is 1. The number of nitrogens with zero attached hydrogens (tertiary/aromatic N) is 1. The molecule has 26 heavy (non-hydrogen) atoms. The first-order valence-corrected chi connectivity index (χ1v) is 10.5. The molecule has 2 bridgehead atoms. The molecule has 144 valence electrons. The van der Waals surface area contributed by atoms with E-state index in [1.54, 1.807) is 12.1 Å². The number of ether oxygens (including phenoxy) is 1. The summed E-state index contributed by atoms with van der Waals surface area (Å²) in [7, 11) is 1.82. The largest absolute Gasteiger partial charge is 0.381 e. The van der Waals surface area contributed by atoms with Crippen LogP contribution < -0.4 is 5.32 Å². The molecule has 1 aliphatic heterocycles. The highest BCUT2D eigenvalue weighted by atomic mass is 19.1. The highest BCUT2D eigenvalue weighted by Gasteiger charge is 2.43. The Kier molecular flexibility index (Phi) is 5.92. The predicted molar refractivity (Wildman–Crippen MR) is 103 cm³/mol. The molecular weight excluding hydrogens is 327 g/mol. The normalized spacial score (nSPS) is 30.8. The second kappa shape index (κ2) is 8.37. The monoisotopic (exact) mass is 360 g/mol. The summed E-state index contributed by atoms with van der Waals surface area (Å²) in [5, 5.41) is 3.76. The van der Waals surface area contributed by atoms with E-state index < -0.39 is 0 Å². The van der Waals surface area contributed by atoms with Gasteiger partial charge in [-0.3, -0.25) is 0 Å². The van der Waals surface area contributed by atoms with E-state index in [1.165, 1.54) is 25.7 Å². The molecule has 1 heterocycles. The summed E-state index contributed by atoms with van der Waals surface area (Å²) in [6.07, 6.45) is 8.04. The number of benzene rings is 1. The van der Waals surface area contributed by atoms with Gasteiger partial charge in [-0.05, 0) is 55.9 Å². The first-order valence-electron chi connectivity index (χ1n) is 10.5. The van der Waals surface area contributed by atoms with Crippen LogP contribution in [0.3, 0.4) is 0 Å². The van der Waals surface area contributed by atoms with Crippen molar-refractivity contribution in [2.24, 2.45) is 17.8 Å². The van der Waals surface area contributed by atoms with Crippen LogP contribution >= 0.6 is 0 Å². The Morgan fingerprint density at radius 3 is 2.62 bits per heavy atom. The topological polar surface area (TPSA) is 24.5 Å². The van der Waals surface area contributed by atoms with Crippen molar-refractivity contribution >= 4 is 0 Å². The zero-order valence-electron chi connectivity index (χ0n) is 16.0. The highest BCUT2D eigenvalue weighted by molar-refractivity contribution is 5.23. The van der Waals surface area contributed by atoms with Crippen LogP contribution in [0, 0.1) is 23.6 Å². The van der Waals surface area contributed by atoms with E-state index in [-0.39, 0.29) is 11.9 Å². The number of methoxy groups -OCH3 is 1. The van der Waals surface area contributed by atoms with Crippen LogP contribution in [0.1, 0.15) is 50.1 Å². The summed E-state index contributed by atoms with van der Waals surface area (Å²) >= 11 is 0. The van der Waals surface area contributed by atoms with Crippen LogP contribution in [-0.4, -0.2) is 44.3 Å². The minimum Gasteiger partial charge on any atom is -0.381 e. The second-order valence-electron chi connectivity index (χ2n) is 8.57. The molecule has 4 atom stereocenters. The first kappa shape index (κ1) is 18.4. The molecule has 1 aromatic carbocycles. The first-order chi connectivity index (χ1) is 12.7. The third-order valence-corrected chi connectivity index (χ3v) is 7.12. The Morgan fingerprint density at radius 2 is 1.96 bits per heavy atom. The summed E-state index contributed by atoms with van der Waals surface area (Å²) in [6.45, 7) is 4.20. The van der Waals surface area contributed by atoms with Gasteiger partial charge in [0.2, 0.25) is 0 Å². The molecule has 0 radical (unpaired) electrons. The predicted octanol–water partition coefficient (Wildman–Crippen LogP) is 4.00. The Morgan fingerprint density at radius 1 is 1.15 bits per heavy atom. The molecule has 0 spiro atoms. The molecule has 2 aliphatic carbocycles. The van der Waals surface area contributed by atoms with E-state index in [0.717, 1.165) is 56.4 Å². The Balaban J connectivity index is 1.37. The van der Waals surface area contributed by atoms with Gasteiger partial charge in [-0.2, -0.15) is 0 Å². The summed E-state index contributed by atoms with van der Waals surface area (Å²) in [6, 6.07) is 7.56. The van der Waals surface area contributed by atoms with Crippen molar-refractivity contribution in [2.75, 3.05) is 33.3 Å². The SMILES string of the molecule is COC1CCN(CCN[C@H](c2ccccc2F)[C@@H]2C[C@H]3CC[C@H]2C3)CC1. The van der Waals surface area contributed by atoms with Crippen molar-refractivity contribution in [3.63, 3.8) is 0 Å². The lowest BCUT2D eigenvalue weighted by Crippen LogP contribution is -2.42. The number of hydrogen-bond acceptors (Lipinski definition) is 3. The molecule has 4 heteroatoms. The average molecular weight is 361 g/mol. The smallest absolute Gasteiger partial charge is 0.127 e. The van der Waals surface area contributed by atoms with Gasteiger partial charge in [0.25, 0.3) is 0 Å². The molecular formula is C22H33FN2O. The molecule has 3 aliphatic rings. The van der Waals surface area contributed by atoms with Gasteiger partial charge in [0.05, 0.1) is 6.10 Å². The number of rotatable bonds is 7. The third kappa shape index (κ3) is 3.97. The van der Waals surface area contributed by atoms with Crippen LogP contribution in [0.25, 0.3) is 0 Å². The van der Waals surface area contributed by atoms with Gasteiger partial charge >= 0.3 is 0 Å². The second-order valence-corrected chi connectivity index (χ2v) is 8.57.